The van der Waals surface area contributed by atoms with Crippen LogP contribution in [0, 0.1) is 35.5 Å². The molecule has 0 aliphatic heterocycles. The predicted octanol–water partition coefficient (Wildman–Crippen LogP) is 5.58. The Kier molecular flexibility index (Phi) is 9.20. The number of aliphatic hydroxyl groups excluding tert-OH is 1. The van der Waals surface area contributed by atoms with Crippen LogP contribution in [-0.4, -0.2) is 62.3 Å². The van der Waals surface area contributed by atoms with E-state index >= 15 is 4.39 Å². The third kappa shape index (κ3) is 5.80. The Balaban J connectivity index is 1.47. The van der Waals surface area contributed by atoms with Gasteiger partial charge < -0.3 is 14.6 Å². The van der Waals surface area contributed by atoms with Crippen molar-refractivity contribution < 1.29 is 46.0 Å². The standard InChI is InChI=1S/C34H43FO9S/c1-5-6-7-16-42-31(39)44-34(29(38)20-43-45(40,41)23-10-8-21(2)9-11-23)15-13-25-24-18-27(35)26-17-22(36)12-14-32(26,3)30(24)28(37)19-33(25,34)4/h8-12,14,17,24-25,27-28,30,37H,5-7,13,15-16,18-20H2,1-4H3/t24-,25-,27-,28?,30+,32-,33-,34-/m0/s1. The van der Waals surface area contributed by atoms with Crippen molar-refractivity contribution in [2.24, 2.45) is 28.6 Å². The molecule has 11 heteroatoms. The van der Waals surface area contributed by atoms with Crippen molar-refractivity contribution >= 4 is 27.8 Å². The van der Waals surface area contributed by atoms with E-state index in [0.717, 1.165) is 18.4 Å². The fraction of sp³-hybridized carbons (Fsp3) is 0.618. The highest BCUT2D eigenvalue weighted by Gasteiger charge is 2.71. The van der Waals surface area contributed by atoms with Crippen LogP contribution in [0.1, 0.15) is 71.3 Å². The molecule has 4 aliphatic rings. The number of ketones is 2. The molecule has 0 spiro atoms. The zero-order chi connectivity index (χ0) is 32.8. The minimum Gasteiger partial charge on any atom is -0.434 e. The fourth-order valence-corrected chi connectivity index (χ4v) is 9.57. The molecular formula is C34H43FO9S. The van der Waals surface area contributed by atoms with Gasteiger partial charge in [-0.25, -0.2) is 9.18 Å². The molecule has 5 rings (SSSR count). The molecule has 0 aromatic heterocycles. The molecule has 1 N–H and O–H groups in total. The predicted molar refractivity (Wildman–Crippen MR) is 162 cm³/mol. The molecule has 1 unspecified atom stereocenters. The lowest BCUT2D eigenvalue weighted by Gasteiger charge is -2.60. The molecule has 4 aliphatic carbocycles. The molecule has 9 nitrogen and oxygen atoms in total. The van der Waals surface area contributed by atoms with Gasteiger partial charge in [0.15, 0.2) is 11.4 Å². The lowest BCUT2D eigenvalue weighted by molar-refractivity contribution is -0.185. The van der Waals surface area contributed by atoms with Gasteiger partial charge in [-0.15, -0.1) is 0 Å². The molecule has 3 saturated carbocycles. The topological polar surface area (TPSA) is 133 Å². The monoisotopic (exact) mass is 646 g/mol. The lowest BCUT2D eigenvalue weighted by atomic mass is 9.46. The van der Waals surface area contributed by atoms with Gasteiger partial charge in [0.25, 0.3) is 10.1 Å². The van der Waals surface area contributed by atoms with Crippen LogP contribution >= 0.6 is 0 Å². The summed E-state index contributed by atoms with van der Waals surface area (Å²) in [6, 6.07) is 5.99. The van der Waals surface area contributed by atoms with Crippen LogP contribution in [0.4, 0.5) is 9.18 Å². The number of rotatable bonds is 10. The van der Waals surface area contributed by atoms with Crippen LogP contribution in [0.15, 0.2) is 53.0 Å². The number of hydrogen-bond donors (Lipinski definition) is 1. The molecule has 0 bridgehead atoms. The van der Waals surface area contributed by atoms with Crippen LogP contribution in [-0.2, 0) is 33.4 Å². The summed E-state index contributed by atoms with van der Waals surface area (Å²) in [5, 5.41) is 11.8. The molecule has 0 amide bonds. The molecule has 0 saturated heterocycles. The van der Waals surface area contributed by atoms with Crippen LogP contribution in [0.2, 0.25) is 0 Å². The quantitative estimate of drug-likeness (QED) is 0.197. The number of unbranched alkanes of at least 4 members (excludes halogenated alkanes) is 2. The Morgan fingerprint density at radius 2 is 1.84 bits per heavy atom. The molecule has 246 valence electrons. The Morgan fingerprint density at radius 1 is 1.13 bits per heavy atom. The Morgan fingerprint density at radius 3 is 2.53 bits per heavy atom. The highest BCUT2D eigenvalue weighted by Crippen LogP contribution is 2.68. The van der Waals surface area contributed by atoms with Crippen molar-refractivity contribution in [3.05, 3.63) is 53.6 Å². The summed E-state index contributed by atoms with van der Waals surface area (Å²) in [5.74, 6) is -2.27. The summed E-state index contributed by atoms with van der Waals surface area (Å²) in [6.07, 6.45) is 3.69. The molecule has 0 radical (unpaired) electrons. The van der Waals surface area contributed by atoms with Gasteiger partial charge in [-0.05, 0) is 80.7 Å². The smallest absolute Gasteiger partial charge is 0.434 e. The van der Waals surface area contributed by atoms with E-state index in [1.165, 1.54) is 24.3 Å². The van der Waals surface area contributed by atoms with Crippen molar-refractivity contribution in [3.63, 3.8) is 0 Å². The van der Waals surface area contributed by atoms with Crippen molar-refractivity contribution in [1.82, 2.24) is 0 Å². The van der Waals surface area contributed by atoms with Gasteiger partial charge in [0, 0.05) is 16.7 Å². The van der Waals surface area contributed by atoms with Gasteiger partial charge in [0.1, 0.15) is 12.8 Å². The van der Waals surface area contributed by atoms with E-state index in [-0.39, 0.29) is 42.5 Å². The Labute approximate surface area is 264 Å². The molecule has 0 heterocycles. The third-order valence-corrected chi connectivity index (χ3v) is 12.2. The van der Waals surface area contributed by atoms with E-state index in [4.69, 9.17) is 13.7 Å². The van der Waals surface area contributed by atoms with Gasteiger partial charge >= 0.3 is 6.16 Å². The second-order valence-corrected chi connectivity index (χ2v) is 15.1. The summed E-state index contributed by atoms with van der Waals surface area (Å²) in [5.41, 5.74) is -2.78. The number of aliphatic hydroxyl groups is 1. The number of aryl methyl sites for hydroxylation is 1. The average Bonchev–Trinajstić information content (AvgIpc) is 3.27. The number of allylic oxidation sites excluding steroid dienone is 4. The zero-order valence-electron chi connectivity index (χ0n) is 26.3. The highest BCUT2D eigenvalue weighted by molar-refractivity contribution is 7.86. The van der Waals surface area contributed by atoms with E-state index in [1.807, 2.05) is 20.8 Å². The first-order valence-electron chi connectivity index (χ1n) is 15.8. The maximum absolute atomic E-state index is 15.8. The average molecular weight is 647 g/mol. The number of halogens is 1. The number of alkyl halides is 1. The van der Waals surface area contributed by atoms with E-state index in [9.17, 15) is 27.9 Å². The van der Waals surface area contributed by atoms with E-state index in [1.54, 1.807) is 25.1 Å². The van der Waals surface area contributed by atoms with Crippen LogP contribution in [0.25, 0.3) is 0 Å². The van der Waals surface area contributed by atoms with Crippen molar-refractivity contribution in [3.8, 4) is 0 Å². The fourth-order valence-electron chi connectivity index (χ4n) is 8.71. The van der Waals surface area contributed by atoms with Crippen molar-refractivity contribution in [2.75, 3.05) is 13.2 Å². The van der Waals surface area contributed by atoms with Gasteiger partial charge in [0.2, 0.25) is 5.78 Å². The van der Waals surface area contributed by atoms with Gasteiger partial charge in [-0.3, -0.25) is 13.8 Å². The van der Waals surface area contributed by atoms with Gasteiger partial charge in [-0.1, -0.05) is 57.4 Å². The number of carbonyl (C=O) groups is 3. The molecule has 8 atom stereocenters. The number of benzene rings is 1. The first-order valence-corrected chi connectivity index (χ1v) is 17.2. The van der Waals surface area contributed by atoms with Gasteiger partial charge in [-0.2, -0.15) is 8.42 Å². The first kappa shape index (κ1) is 33.5. The maximum Gasteiger partial charge on any atom is 0.509 e. The minimum absolute atomic E-state index is 0.0278. The number of fused-ring (bicyclic) bond motifs is 5. The molecule has 3 fully saturated rings. The Hall–Kier alpha value is -2.89. The maximum atomic E-state index is 15.8. The Bertz CT molecular complexity index is 1500. The number of hydrogen-bond acceptors (Lipinski definition) is 9. The normalized spacial score (nSPS) is 35.6. The molecule has 1 aromatic carbocycles. The van der Waals surface area contributed by atoms with Crippen molar-refractivity contribution in [2.45, 2.75) is 95.4 Å². The lowest BCUT2D eigenvalue weighted by Crippen LogP contribution is -2.64. The number of carbonyl (C=O) groups excluding carboxylic acids is 3. The first-order chi connectivity index (χ1) is 21.2. The van der Waals surface area contributed by atoms with E-state index < -0.39 is 69.2 Å². The largest absolute Gasteiger partial charge is 0.509 e. The molecular weight excluding hydrogens is 603 g/mol. The second kappa shape index (κ2) is 12.4. The van der Waals surface area contributed by atoms with Crippen LogP contribution < -0.4 is 0 Å². The zero-order valence-corrected chi connectivity index (χ0v) is 27.1. The minimum atomic E-state index is -4.32. The second-order valence-electron chi connectivity index (χ2n) is 13.5. The highest BCUT2D eigenvalue weighted by atomic mass is 32.2. The van der Waals surface area contributed by atoms with E-state index in [2.05, 4.69) is 0 Å². The molecule has 45 heavy (non-hydrogen) atoms. The summed E-state index contributed by atoms with van der Waals surface area (Å²) < 4.78 is 58.3. The van der Waals surface area contributed by atoms with E-state index in [0.29, 0.717) is 18.4 Å². The van der Waals surface area contributed by atoms with Crippen LogP contribution in [0.5, 0.6) is 0 Å². The number of Topliss-reactive ketones (excluding diaryl/α,β-unsaturated/α-hetero) is 1. The summed E-state index contributed by atoms with van der Waals surface area (Å²) in [4.78, 5) is 39.3. The summed E-state index contributed by atoms with van der Waals surface area (Å²) in [7, 11) is -4.32. The van der Waals surface area contributed by atoms with Crippen molar-refractivity contribution in [1.29, 1.82) is 0 Å². The third-order valence-electron chi connectivity index (χ3n) is 10.9. The number of ether oxygens (including phenoxy) is 2. The SMILES string of the molecule is CCCCCOC(=O)O[C@]1(C(=O)COS(=O)(=O)c2ccc(C)cc2)CC[C@H]2[C@@H]3C[C@H](F)C4=CC(=O)C=C[C@]4(C)[C@H]3C(O)C[C@@]21C. The summed E-state index contributed by atoms with van der Waals surface area (Å²) >= 11 is 0. The molecule has 1 aromatic rings. The van der Waals surface area contributed by atoms with Gasteiger partial charge in [0.05, 0.1) is 17.6 Å². The van der Waals surface area contributed by atoms with Crippen LogP contribution in [0.3, 0.4) is 0 Å². The summed E-state index contributed by atoms with van der Waals surface area (Å²) in [6.45, 7) is 6.59.